The van der Waals surface area contributed by atoms with Gasteiger partial charge in [-0.1, -0.05) is 34.8 Å². The lowest BCUT2D eigenvalue weighted by Crippen LogP contribution is -2.13. The van der Waals surface area contributed by atoms with E-state index in [4.69, 9.17) is 39.5 Å². The molecule has 19 heavy (non-hydrogen) atoms. The van der Waals surface area contributed by atoms with Crippen LogP contribution in [0.3, 0.4) is 0 Å². The Morgan fingerprint density at radius 1 is 1.32 bits per heavy atom. The summed E-state index contributed by atoms with van der Waals surface area (Å²) in [7, 11) is 0. The molecule has 2 rings (SSSR count). The number of ether oxygens (including phenoxy) is 1. The number of rotatable bonds is 3. The molecule has 2 heterocycles. The summed E-state index contributed by atoms with van der Waals surface area (Å²) < 4.78 is 6.11. The standard InChI is InChI=1S/C11H8Cl3N3O2/c1-2-19-11(18)7-5-9(14)16-17(7)10-6(12)3-4-8(13)15-10/h3-5H,2H2,1H3. The largest absolute Gasteiger partial charge is 0.461 e. The van der Waals surface area contributed by atoms with Gasteiger partial charge in [0.2, 0.25) is 0 Å². The van der Waals surface area contributed by atoms with Gasteiger partial charge < -0.3 is 4.74 Å². The van der Waals surface area contributed by atoms with Crippen LogP contribution in [-0.4, -0.2) is 27.3 Å². The van der Waals surface area contributed by atoms with Crippen LogP contribution in [0.5, 0.6) is 0 Å². The van der Waals surface area contributed by atoms with E-state index in [1.54, 1.807) is 13.0 Å². The van der Waals surface area contributed by atoms with Crippen molar-refractivity contribution in [2.45, 2.75) is 6.92 Å². The fourth-order valence-electron chi connectivity index (χ4n) is 1.42. The first-order valence-corrected chi connectivity index (χ1v) is 6.41. The molecule has 0 aliphatic heterocycles. The minimum absolute atomic E-state index is 0.126. The van der Waals surface area contributed by atoms with Gasteiger partial charge in [0.25, 0.3) is 0 Å². The Morgan fingerprint density at radius 3 is 2.74 bits per heavy atom. The number of nitrogens with zero attached hydrogens (tertiary/aromatic N) is 3. The van der Waals surface area contributed by atoms with Gasteiger partial charge >= 0.3 is 5.97 Å². The van der Waals surface area contributed by atoms with Gasteiger partial charge in [-0.15, -0.1) is 0 Å². The zero-order valence-electron chi connectivity index (χ0n) is 9.73. The first-order valence-electron chi connectivity index (χ1n) is 5.28. The summed E-state index contributed by atoms with van der Waals surface area (Å²) in [6, 6.07) is 4.46. The van der Waals surface area contributed by atoms with E-state index in [0.717, 1.165) is 0 Å². The third kappa shape index (κ3) is 3.00. The average Bonchev–Trinajstić information content (AvgIpc) is 2.75. The molecule has 0 bridgehead atoms. The Kier molecular flexibility index (Phi) is 4.29. The lowest BCUT2D eigenvalue weighted by molar-refractivity contribution is 0.0515. The molecule has 0 radical (unpaired) electrons. The summed E-state index contributed by atoms with van der Waals surface area (Å²) in [5, 5.41) is 4.60. The second kappa shape index (κ2) is 5.77. The highest BCUT2D eigenvalue weighted by atomic mass is 35.5. The molecule has 2 aromatic heterocycles. The predicted octanol–water partition coefficient (Wildman–Crippen LogP) is 3.40. The van der Waals surface area contributed by atoms with Crippen LogP contribution in [0.1, 0.15) is 17.4 Å². The number of carbonyl (C=O) groups is 1. The van der Waals surface area contributed by atoms with Gasteiger partial charge in [0.05, 0.1) is 11.6 Å². The zero-order chi connectivity index (χ0) is 14.0. The van der Waals surface area contributed by atoms with Crippen LogP contribution in [0.15, 0.2) is 18.2 Å². The number of carbonyl (C=O) groups excluding carboxylic acids is 1. The predicted molar refractivity (Wildman–Crippen MR) is 72.3 cm³/mol. The maximum absolute atomic E-state index is 11.8. The van der Waals surface area contributed by atoms with E-state index in [0.29, 0.717) is 0 Å². The maximum Gasteiger partial charge on any atom is 0.357 e. The third-order valence-corrected chi connectivity index (χ3v) is 2.85. The normalized spacial score (nSPS) is 10.5. The van der Waals surface area contributed by atoms with Crippen LogP contribution >= 0.6 is 34.8 Å². The van der Waals surface area contributed by atoms with Crippen molar-refractivity contribution < 1.29 is 9.53 Å². The van der Waals surface area contributed by atoms with E-state index < -0.39 is 5.97 Å². The molecule has 5 nitrogen and oxygen atoms in total. The number of hydrogen-bond donors (Lipinski definition) is 0. The van der Waals surface area contributed by atoms with E-state index in [2.05, 4.69) is 10.1 Å². The molecule has 0 aliphatic carbocycles. The number of hydrogen-bond acceptors (Lipinski definition) is 4. The van der Waals surface area contributed by atoms with Crippen LogP contribution in [0.2, 0.25) is 15.3 Å². The van der Waals surface area contributed by atoms with Crippen molar-refractivity contribution in [1.82, 2.24) is 14.8 Å². The van der Waals surface area contributed by atoms with Gasteiger partial charge in [-0.25, -0.2) is 14.5 Å². The Labute approximate surface area is 124 Å². The van der Waals surface area contributed by atoms with Crippen molar-refractivity contribution in [2.75, 3.05) is 6.61 Å². The molecular formula is C11H8Cl3N3O2. The van der Waals surface area contributed by atoms with Crippen LogP contribution < -0.4 is 0 Å². The molecule has 0 saturated carbocycles. The summed E-state index contributed by atoms with van der Waals surface area (Å²) in [5.41, 5.74) is 0.128. The van der Waals surface area contributed by atoms with Crippen LogP contribution in [-0.2, 0) is 4.74 Å². The molecule has 0 fully saturated rings. The molecular weight excluding hydrogens is 312 g/mol. The lowest BCUT2D eigenvalue weighted by atomic mass is 10.4. The lowest BCUT2D eigenvalue weighted by Gasteiger charge is -2.07. The zero-order valence-corrected chi connectivity index (χ0v) is 12.0. The molecule has 0 atom stereocenters. The molecule has 0 amide bonds. The average molecular weight is 321 g/mol. The number of aromatic nitrogens is 3. The van der Waals surface area contributed by atoms with Gasteiger partial charge in [0.15, 0.2) is 16.7 Å². The molecule has 0 spiro atoms. The molecule has 0 unspecified atom stereocenters. The molecule has 0 N–H and O–H groups in total. The SMILES string of the molecule is CCOC(=O)c1cc(Cl)nn1-c1nc(Cl)ccc1Cl. The first kappa shape index (κ1) is 14.1. The van der Waals surface area contributed by atoms with E-state index in [1.165, 1.54) is 16.8 Å². The summed E-state index contributed by atoms with van der Waals surface area (Å²) in [6.07, 6.45) is 0. The molecule has 0 aliphatic rings. The Balaban J connectivity index is 2.56. The molecule has 100 valence electrons. The van der Waals surface area contributed by atoms with Crippen molar-refractivity contribution in [2.24, 2.45) is 0 Å². The van der Waals surface area contributed by atoms with Crippen molar-refractivity contribution in [3.05, 3.63) is 39.2 Å². The van der Waals surface area contributed by atoms with Gasteiger partial charge in [0.1, 0.15) is 5.15 Å². The maximum atomic E-state index is 11.8. The van der Waals surface area contributed by atoms with Crippen molar-refractivity contribution in [1.29, 1.82) is 0 Å². The number of halogens is 3. The summed E-state index contributed by atoms with van der Waals surface area (Å²) >= 11 is 17.6. The molecule has 0 aromatic carbocycles. The fourth-order valence-corrected chi connectivity index (χ4v) is 1.93. The summed E-state index contributed by atoms with van der Waals surface area (Å²) in [6.45, 7) is 1.93. The van der Waals surface area contributed by atoms with Gasteiger partial charge in [-0.3, -0.25) is 0 Å². The smallest absolute Gasteiger partial charge is 0.357 e. The van der Waals surface area contributed by atoms with Crippen LogP contribution in [0, 0.1) is 0 Å². The van der Waals surface area contributed by atoms with Crippen molar-refractivity contribution >= 4 is 40.8 Å². The molecule has 2 aromatic rings. The van der Waals surface area contributed by atoms with E-state index in [1.807, 2.05) is 0 Å². The first-order chi connectivity index (χ1) is 9.02. The van der Waals surface area contributed by atoms with E-state index in [9.17, 15) is 4.79 Å². The second-order valence-electron chi connectivity index (χ2n) is 3.42. The minimum Gasteiger partial charge on any atom is -0.461 e. The minimum atomic E-state index is -0.570. The van der Waals surface area contributed by atoms with Crippen molar-refractivity contribution in [3.63, 3.8) is 0 Å². The van der Waals surface area contributed by atoms with Crippen LogP contribution in [0.25, 0.3) is 5.82 Å². The van der Waals surface area contributed by atoms with E-state index >= 15 is 0 Å². The highest BCUT2D eigenvalue weighted by Gasteiger charge is 2.19. The van der Waals surface area contributed by atoms with Gasteiger partial charge in [0, 0.05) is 6.07 Å². The Bertz CT molecular complexity index is 628. The van der Waals surface area contributed by atoms with Gasteiger partial charge in [-0.05, 0) is 19.1 Å². The summed E-state index contributed by atoms with van der Waals surface area (Å²) in [4.78, 5) is 15.8. The second-order valence-corrected chi connectivity index (χ2v) is 4.61. The number of pyridine rings is 1. The Morgan fingerprint density at radius 2 is 2.05 bits per heavy atom. The highest BCUT2D eigenvalue weighted by Crippen LogP contribution is 2.23. The summed E-state index contributed by atoms with van der Waals surface area (Å²) in [5.74, 6) is -0.358. The highest BCUT2D eigenvalue weighted by molar-refractivity contribution is 6.33. The molecule has 8 heteroatoms. The fraction of sp³-hybridized carbons (Fsp3) is 0.182. The topological polar surface area (TPSA) is 57.0 Å². The quantitative estimate of drug-likeness (QED) is 0.642. The van der Waals surface area contributed by atoms with E-state index in [-0.39, 0.29) is 33.4 Å². The van der Waals surface area contributed by atoms with Crippen molar-refractivity contribution in [3.8, 4) is 5.82 Å². The number of esters is 1. The Hall–Kier alpha value is -1.30. The third-order valence-electron chi connectivity index (χ3n) is 2.16. The molecule has 0 saturated heterocycles. The van der Waals surface area contributed by atoms with Crippen LogP contribution in [0.4, 0.5) is 0 Å². The monoisotopic (exact) mass is 319 g/mol. The van der Waals surface area contributed by atoms with Gasteiger partial charge in [-0.2, -0.15) is 5.10 Å².